The summed E-state index contributed by atoms with van der Waals surface area (Å²) in [6, 6.07) is 9.93. The predicted molar refractivity (Wildman–Crippen MR) is 69.4 cm³/mol. The first-order valence-electron chi connectivity index (χ1n) is 5.55. The highest BCUT2D eigenvalue weighted by molar-refractivity contribution is 5.76. The Bertz CT molecular complexity index is 338. The second-order valence-corrected chi connectivity index (χ2v) is 3.94. The minimum Gasteiger partial charge on any atom is -0.368 e. The molecule has 1 rings (SSSR count). The number of hydrogen-bond donors (Lipinski definition) is 2. The molecule has 17 heavy (non-hydrogen) atoms. The van der Waals surface area contributed by atoms with Gasteiger partial charge in [0.1, 0.15) is 0 Å². The second-order valence-electron chi connectivity index (χ2n) is 3.94. The summed E-state index contributed by atoms with van der Waals surface area (Å²) in [5, 5.41) is 0. The van der Waals surface area contributed by atoms with Gasteiger partial charge in [-0.05, 0) is 19.7 Å². The van der Waals surface area contributed by atoms with Gasteiger partial charge in [-0.3, -0.25) is 4.84 Å². The summed E-state index contributed by atoms with van der Waals surface area (Å²) in [6.45, 7) is 1.95. The molecule has 5 heteroatoms. The highest BCUT2D eigenvalue weighted by Gasteiger charge is 1.94. The van der Waals surface area contributed by atoms with Gasteiger partial charge in [0.25, 0.3) is 0 Å². The van der Waals surface area contributed by atoms with Crippen LogP contribution in [0.3, 0.4) is 0 Å². The van der Waals surface area contributed by atoms with Crippen LogP contribution in [0.15, 0.2) is 35.3 Å². The number of likely N-dealkylation sites (N-methyl/N-ethyl adjacent to an activating group) is 1. The van der Waals surface area contributed by atoms with Gasteiger partial charge >= 0.3 is 0 Å². The van der Waals surface area contributed by atoms with Crippen LogP contribution >= 0.6 is 0 Å². The maximum Gasteiger partial charge on any atom is 0.213 e. The number of rotatable bonds is 6. The van der Waals surface area contributed by atoms with E-state index in [1.165, 1.54) is 0 Å². The summed E-state index contributed by atoms with van der Waals surface area (Å²) in [5.41, 5.74) is 9.36. The van der Waals surface area contributed by atoms with Crippen molar-refractivity contribution < 1.29 is 4.84 Å². The van der Waals surface area contributed by atoms with Crippen molar-refractivity contribution in [2.75, 3.05) is 27.2 Å². The van der Waals surface area contributed by atoms with Crippen molar-refractivity contribution in [3.8, 4) is 0 Å². The smallest absolute Gasteiger partial charge is 0.213 e. The van der Waals surface area contributed by atoms with E-state index in [4.69, 9.17) is 10.6 Å². The molecular weight excluding hydrogens is 216 g/mol. The third-order valence-electron chi connectivity index (χ3n) is 2.09. The van der Waals surface area contributed by atoms with E-state index in [1.54, 1.807) is 0 Å². The van der Waals surface area contributed by atoms with E-state index in [0.717, 1.165) is 12.1 Å². The highest BCUT2D eigenvalue weighted by atomic mass is 16.6. The van der Waals surface area contributed by atoms with E-state index < -0.39 is 0 Å². The number of guanidine groups is 1. The fraction of sp³-hybridized carbons (Fsp3) is 0.417. The summed E-state index contributed by atoms with van der Waals surface area (Å²) in [7, 11) is 3.96. The first kappa shape index (κ1) is 13.5. The molecule has 0 heterocycles. The molecule has 0 radical (unpaired) electrons. The molecule has 1 aromatic carbocycles. The predicted octanol–water partition coefficient (Wildman–Crippen LogP) is 0.584. The first-order chi connectivity index (χ1) is 8.18. The van der Waals surface area contributed by atoms with Crippen molar-refractivity contribution in [2.45, 2.75) is 6.54 Å². The molecule has 5 nitrogen and oxygen atoms in total. The number of aliphatic imine (C=N–C) groups is 1. The largest absolute Gasteiger partial charge is 0.368 e. The van der Waals surface area contributed by atoms with E-state index in [-0.39, 0.29) is 0 Å². The van der Waals surface area contributed by atoms with E-state index in [2.05, 4.69) is 10.5 Å². The highest BCUT2D eigenvalue weighted by Crippen LogP contribution is 1.99. The number of nitrogens with zero attached hydrogens (tertiary/aromatic N) is 2. The maximum atomic E-state index is 5.64. The van der Waals surface area contributed by atoms with Crippen LogP contribution in [0.25, 0.3) is 0 Å². The zero-order chi connectivity index (χ0) is 12.5. The van der Waals surface area contributed by atoms with Crippen molar-refractivity contribution in [1.82, 2.24) is 10.4 Å². The molecule has 0 unspecified atom stereocenters. The molecule has 0 spiro atoms. The molecule has 0 amide bonds. The van der Waals surface area contributed by atoms with Crippen LogP contribution in [-0.2, 0) is 11.4 Å². The fourth-order valence-electron chi connectivity index (χ4n) is 1.15. The summed E-state index contributed by atoms with van der Waals surface area (Å²) >= 11 is 0. The van der Waals surface area contributed by atoms with Gasteiger partial charge in [0.2, 0.25) is 5.96 Å². The SMILES string of the molecule is CN(C)CCONC(N)=NCc1ccccc1. The van der Waals surface area contributed by atoms with E-state index >= 15 is 0 Å². The summed E-state index contributed by atoms with van der Waals surface area (Å²) in [4.78, 5) is 11.3. The Morgan fingerprint density at radius 2 is 2.06 bits per heavy atom. The maximum absolute atomic E-state index is 5.64. The van der Waals surface area contributed by atoms with Crippen LogP contribution in [0.1, 0.15) is 5.56 Å². The van der Waals surface area contributed by atoms with Gasteiger partial charge < -0.3 is 10.6 Å². The molecule has 0 aliphatic carbocycles. The third-order valence-corrected chi connectivity index (χ3v) is 2.09. The Balaban J connectivity index is 2.21. The van der Waals surface area contributed by atoms with Crippen LogP contribution in [0.5, 0.6) is 0 Å². The normalized spacial score (nSPS) is 11.8. The molecular formula is C12H20N4O. The zero-order valence-corrected chi connectivity index (χ0v) is 10.4. The van der Waals surface area contributed by atoms with Gasteiger partial charge in [0.15, 0.2) is 0 Å². The van der Waals surface area contributed by atoms with Crippen LogP contribution in [-0.4, -0.2) is 38.1 Å². The lowest BCUT2D eigenvalue weighted by molar-refractivity contribution is 0.0719. The van der Waals surface area contributed by atoms with Gasteiger partial charge in [-0.1, -0.05) is 30.3 Å². The Kier molecular flexibility index (Phi) is 6.06. The molecule has 0 fully saturated rings. The number of nitrogens with two attached hydrogens (primary N) is 1. The number of hydrogen-bond acceptors (Lipinski definition) is 3. The molecule has 0 aliphatic rings. The number of hydroxylamine groups is 1. The summed E-state index contributed by atoms with van der Waals surface area (Å²) in [6.07, 6.45) is 0. The lowest BCUT2D eigenvalue weighted by Crippen LogP contribution is -2.34. The van der Waals surface area contributed by atoms with Gasteiger partial charge in [-0.15, -0.1) is 0 Å². The number of nitrogens with one attached hydrogen (secondary N) is 1. The van der Waals surface area contributed by atoms with Gasteiger partial charge in [-0.25, -0.2) is 10.5 Å². The average Bonchev–Trinajstić information content (AvgIpc) is 2.33. The quantitative estimate of drug-likeness (QED) is 0.328. The van der Waals surface area contributed by atoms with Gasteiger partial charge in [0.05, 0.1) is 13.2 Å². The zero-order valence-electron chi connectivity index (χ0n) is 10.4. The molecule has 0 saturated heterocycles. The van der Waals surface area contributed by atoms with Crippen molar-refractivity contribution >= 4 is 5.96 Å². The standard InChI is InChI=1S/C12H20N4O/c1-16(2)8-9-17-15-12(13)14-10-11-6-4-3-5-7-11/h3-7H,8-10H2,1-2H3,(H3,13,14,15). The molecule has 0 aromatic heterocycles. The Morgan fingerprint density at radius 1 is 1.35 bits per heavy atom. The van der Waals surface area contributed by atoms with E-state index in [1.807, 2.05) is 49.3 Å². The van der Waals surface area contributed by atoms with Crippen molar-refractivity contribution in [3.63, 3.8) is 0 Å². The number of benzene rings is 1. The Morgan fingerprint density at radius 3 is 2.71 bits per heavy atom. The monoisotopic (exact) mass is 236 g/mol. The molecule has 0 bridgehead atoms. The van der Waals surface area contributed by atoms with Crippen LogP contribution in [0.4, 0.5) is 0 Å². The van der Waals surface area contributed by atoms with E-state index in [0.29, 0.717) is 19.1 Å². The molecule has 0 atom stereocenters. The topological polar surface area (TPSA) is 62.9 Å². The van der Waals surface area contributed by atoms with Crippen molar-refractivity contribution in [1.29, 1.82) is 0 Å². The van der Waals surface area contributed by atoms with Crippen LogP contribution < -0.4 is 11.2 Å². The summed E-state index contributed by atoms with van der Waals surface area (Å²) < 4.78 is 0. The Hall–Kier alpha value is -1.59. The molecule has 94 valence electrons. The lowest BCUT2D eigenvalue weighted by Gasteiger charge is -2.10. The Labute approximate surface area is 102 Å². The average molecular weight is 236 g/mol. The second kappa shape index (κ2) is 7.65. The van der Waals surface area contributed by atoms with Gasteiger partial charge in [0, 0.05) is 6.54 Å². The minimum atomic E-state index is 0.299. The van der Waals surface area contributed by atoms with Crippen molar-refractivity contribution in [2.24, 2.45) is 10.7 Å². The van der Waals surface area contributed by atoms with Gasteiger partial charge in [-0.2, -0.15) is 0 Å². The molecule has 0 saturated carbocycles. The minimum absolute atomic E-state index is 0.299. The third kappa shape index (κ3) is 6.55. The first-order valence-corrected chi connectivity index (χ1v) is 5.55. The fourth-order valence-corrected chi connectivity index (χ4v) is 1.15. The molecule has 3 N–H and O–H groups in total. The van der Waals surface area contributed by atoms with Crippen molar-refractivity contribution in [3.05, 3.63) is 35.9 Å². The van der Waals surface area contributed by atoms with E-state index in [9.17, 15) is 0 Å². The molecule has 0 aliphatic heterocycles. The van der Waals surface area contributed by atoms with Crippen LogP contribution in [0.2, 0.25) is 0 Å². The van der Waals surface area contributed by atoms with Crippen LogP contribution in [0, 0.1) is 0 Å². The lowest BCUT2D eigenvalue weighted by atomic mass is 10.2. The summed E-state index contributed by atoms with van der Waals surface area (Å²) in [5.74, 6) is 0.299. The molecule has 1 aromatic rings.